The summed E-state index contributed by atoms with van der Waals surface area (Å²) in [7, 11) is 3.66. The van der Waals surface area contributed by atoms with E-state index in [1.54, 1.807) is 7.05 Å². The fourth-order valence-corrected chi connectivity index (χ4v) is 5.40. The standard InChI is InChI=1S/C31H37F2N5O2/c1-19-10-8-11-22(31(3,4)5)28(19)38(18-39)30-21(29(34-6)37-15-14-36(7)17-20(37)2)16-24(33)27(35-30)26-23(32)12-9-13-25(26)40/h8-13,16,18,20,40H,14-15,17H2,1-7H3/b34-29+. The van der Waals surface area contributed by atoms with Crippen LogP contribution in [0.15, 0.2) is 47.5 Å². The van der Waals surface area contributed by atoms with Crippen molar-refractivity contribution >= 4 is 23.8 Å². The average Bonchev–Trinajstić information content (AvgIpc) is 2.88. The Morgan fingerprint density at radius 3 is 2.45 bits per heavy atom. The number of likely N-dealkylation sites (N-methyl/N-ethyl adjacent to an activating group) is 1. The lowest BCUT2D eigenvalue weighted by Gasteiger charge is -2.40. The smallest absolute Gasteiger partial charge is 0.219 e. The lowest BCUT2D eigenvalue weighted by molar-refractivity contribution is -0.106. The number of aromatic hydroxyl groups is 1. The van der Waals surface area contributed by atoms with Crippen molar-refractivity contribution in [1.29, 1.82) is 0 Å². The molecule has 1 unspecified atom stereocenters. The van der Waals surface area contributed by atoms with Gasteiger partial charge in [-0.25, -0.2) is 13.8 Å². The monoisotopic (exact) mass is 549 g/mol. The van der Waals surface area contributed by atoms with Crippen LogP contribution in [0.4, 0.5) is 20.3 Å². The third-order valence-corrected chi connectivity index (χ3v) is 7.36. The van der Waals surface area contributed by atoms with Crippen molar-refractivity contribution in [3.8, 4) is 17.0 Å². The van der Waals surface area contributed by atoms with Gasteiger partial charge in [0.25, 0.3) is 0 Å². The average molecular weight is 550 g/mol. The van der Waals surface area contributed by atoms with Crippen LogP contribution in [0.3, 0.4) is 0 Å². The number of halogens is 2. The number of hydrogen-bond donors (Lipinski definition) is 1. The Bertz CT molecular complexity index is 1430. The van der Waals surface area contributed by atoms with Crippen LogP contribution >= 0.6 is 0 Å². The number of rotatable bonds is 5. The van der Waals surface area contributed by atoms with Crippen LogP contribution in [-0.4, -0.2) is 71.9 Å². The molecule has 212 valence electrons. The Labute approximate surface area is 234 Å². The number of pyridine rings is 1. The van der Waals surface area contributed by atoms with Gasteiger partial charge < -0.3 is 14.9 Å². The molecule has 0 saturated carbocycles. The number of phenols is 1. The highest BCUT2D eigenvalue weighted by Gasteiger charge is 2.32. The van der Waals surface area contributed by atoms with E-state index >= 15 is 4.39 Å². The predicted molar refractivity (Wildman–Crippen MR) is 155 cm³/mol. The Morgan fingerprint density at radius 1 is 1.15 bits per heavy atom. The molecule has 9 heteroatoms. The van der Waals surface area contributed by atoms with Crippen molar-refractivity contribution < 1.29 is 18.7 Å². The number of carbonyl (C=O) groups excluding carboxylic acids is 1. The summed E-state index contributed by atoms with van der Waals surface area (Å²) < 4.78 is 30.8. The van der Waals surface area contributed by atoms with Crippen molar-refractivity contribution in [3.63, 3.8) is 0 Å². The summed E-state index contributed by atoms with van der Waals surface area (Å²) in [4.78, 5) is 27.8. The SMILES string of the molecule is C/N=C(\c1cc(F)c(-c2c(O)cccc2F)nc1N(C=O)c1c(C)cccc1C(C)(C)C)N1CCN(C)CC1C. The maximum atomic E-state index is 15.9. The number of anilines is 2. The molecule has 1 atom stereocenters. The summed E-state index contributed by atoms with van der Waals surface area (Å²) >= 11 is 0. The summed E-state index contributed by atoms with van der Waals surface area (Å²) in [5, 5.41) is 10.5. The van der Waals surface area contributed by atoms with E-state index in [-0.39, 0.29) is 22.8 Å². The number of aliphatic imine (C=N–C) groups is 1. The molecule has 2 heterocycles. The minimum atomic E-state index is -0.839. The minimum absolute atomic E-state index is 0.0527. The number of amides is 1. The van der Waals surface area contributed by atoms with E-state index in [2.05, 4.69) is 26.7 Å². The first-order chi connectivity index (χ1) is 18.9. The third kappa shape index (κ3) is 5.43. The molecule has 7 nitrogen and oxygen atoms in total. The van der Waals surface area contributed by atoms with Gasteiger partial charge in [0, 0.05) is 32.7 Å². The lowest BCUT2D eigenvalue weighted by Crippen LogP contribution is -2.53. The van der Waals surface area contributed by atoms with E-state index in [0.29, 0.717) is 30.0 Å². The topological polar surface area (TPSA) is 72.3 Å². The quantitative estimate of drug-likeness (QED) is 0.253. The second-order valence-corrected chi connectivity index (χ2v) is 11.4. The van der Waals surface area contributed by atoms with Crippen molar-refractivity contribution in [2.75, 3.05) is 38.6 Å². The summed E-state index contributed by atoms with van der Waals surface area (Å²) in [5.74, 6) is -1.55. The number of benzene rings is 2. The summed E-state index contributed by atoms with van der Waals surface area (Å²) in [6.45, 7) is 12.3. The molecule has 2 aromatic carbocycles. The number of aromatic nitrogens is 1. The van der Waals surface area contributed by atoms with Gasteiger partial charge in [-0.15, -0.1) is 0 Å². The molecule has 0 aliphatic carbocycles. The molecule has 0 bridgehead atoms. The molecule has 0 spiro atoms. The second kappa shape index (κ2) is 11.3. The maximum Gasteiger partial charge on any atom is 0.219 e. The van der Waals surface area contributed by atoms with Gasteiger partial charge >= 0.3 is 0 Å². The Morgan fingerprint density at radius 2 is 1.85 bits per heavy atom. The molecular formula is C31H37F2N5O2. The molecule has 1 saturated heterocycles. The number of para-hydroxylation sites is 1. The van der Waals surface area contributed by atoms with E-state index in [1.807, 2.05) is 52.9 Å². The molecule has 1 aliphatic heterocycles. The third-order valence-electron chi connectivity index (χ3n) is 7.36. The van der Waals surface area contributed by atoms with E-state index in [4.69, 9.17) is 0 Å². The van der Waals surface area contributed by atoms with Crippen LogP contribution in [0.2, 0.25) is 0 Å². The van der Waals surface area contributed by atoms with Gasteiger partial charge in [0.2, 0.25) is 6.41 Å². The van der Waals surface area contributed by atoms with E-state index in [0.717, 1.165) is 30.3 Å². The van der Waals surface area contributed by atoms with E-state index in [9.17, 15) is 14.3 Å². The molecular weight excluding hydrogens is 512 g/mol. The van der Waals surface area contributed by atoms with Crippen LogP contribution in [-0.2, 0) is 10.2 Å². The van der Waals surface area contributed by atoms with Crippen LogP contribution in [0.25, 0.3) is 11.3 Å². The molecule has 40 heavy (non-hydrogen) atoms. The van der Waals surface area contributed by atoms with Gasteiger partial charge in [-0.3, -0.25) is 14.7 Å². The van der Waals surface area contributed by atoms with E-state index in [1.165, 1.54) is 23.1 Å². The highest BCUT2D eigenvalue weighted by atomic mass is 19.1. The van der Waals surface area contributed by atoms with Gasteiger partial charge in [0.15, 0.2) is 11.6 Å². The normalized spacial score (nSPS) is 16.8. The van der Waals surface area contributed by atoms with Gasteiger partial charge in [-0.1, -0.05) is 45.0 Å². The number of phenolic OH excluding ortho intramolecular Hbond substituents is 1. The number of hydrogen-bond acceptors (Lipinski definition) is 5. The maximum absolute atomic E-state index is 15.9. The Hall–Kier alpha value is -3.85. The molecule has 1 N–H and O–H groups in total. The number of amidine groups is 1. The summed E-state index contributed by atoms with van der Waals surface area (Å²) in [6, 6.07) is 10.8. The van der Waals surface area contributed by atoms with Gasteiger partial charge in [-0.2, -0.15) is 0 Å². The number of carbonyl (C=O) groups is 1. The largest absolute Gasteiger partial charge is 0.507 e. The Balaban J connectivity index is 2.05. The number of piperazine rings is 1. The molecule has 1 aliphatic rings. The summed E-state index contributed by atoms with van der Waals surface area (Å²) in [5.41, 5.74) is 1.49. The first-order valence-corrected chi connectivity index (χ1v) is 13.3. The van der Waals surface area contributed by atoms with Crippen LogP contribution in [0, 0.1) is 18.6 Å². The zero-order valence-electron chi connectivity index (χ0n) is 24.2. The van der Waals surface area contributed by atoms with Gasteiger partial charge in [-0.05, 0) is 55.6 Å². The second-order valence-electron chi connectivity index (χ2n) is 11.4. The first kappa shape index (κ1) is 29.1. The van der Waals surface area contributed by atoms with Crippen molar-refractivity contribution in [2.24, 2.45) is 4.99 Å². The molecule has 1 amide bonds. The zero-order valence-corrected chi connectivity index (χ0v) is 24.2. The predicted octanol–water partition coefficient (Wildman–Crippen LogP) is 5.65. The molecule has 3 aromatic rings. The fourth-order valence-electron chi connectivity index (χ4n) is 5.40. The van der Waals surface area contributed by atoms with Gasteiger partial charge in [0.1, 0.15) is 23.1 Å². The fraction of sp³-hybridized carbons (Fsp3) is 0.387. The number of aryl methyl sites for hydroxylation is 1. The lowest BCUT2D eigenvalue weighted by atomic mass is 9.84. The zero-order chi connectivity index (χ0) is 29.4. The van der Waals surface area contributed by atoms with Crippen molar-refractivity contribution in [1.82, 2.24) is 14.8 Å². The van der Waals surface area contributed by atoms with Crippen molar-refractivity contribution in [2.45, 2.75) is 46.1 Å². The molecule has 0 radical (unpaired) electrons. The van der Waals surface area contributed by atoms with Crippen molar-refractivity contribution in [3.05, 3.63) is 70.8 Å². The highest BCUT2D eigenvalue weighted by molar-refractivity contribution is 6.07. The molecule has 4 rings (SSSR count). The number of nitrogens with zero attached hydrogens (tertiary/aromatic N) is 5. The minimum Gasteiger partial charge on any atom is -0.507 e. The van der Waals surface area contributed by atoms with Crippen LogP contribution in [0.5, 0.6) is 5.75 Å². The Kier molecular flexibility index (Phi) is 8.25. The molecule has 1 aromatic heterocycles. The van der Waals surface area contributed by atoms with Crippen LogP contribution < -0.4 is 4.90 Å². The first-order valence-electron chi connectivity index (χ1n) is 13.3. The van der Waals surface area contributed by atoms with E-state index < -0.39 is 23.1 Å². The molecule has 1 fully saturated rings. The van der Waals surface area contributed by atoms with Gasteiger partial charge in [0.05, 0.1) is 16.8 Å². The summed E-state index contributed by atoms with van der Waals surface area (Å²) in [6.07, 6.45) is 0.646. The highest BCUT2D eigenvalue weighted by Crippen LogP contribution is 2.41. The van der Waals surface area contributed by atoms with Crippen LogP contribution in [0.1, 0.15) is 44.4 Å².